The fourth-order valence-corrected chi connectivity index (χ4v) is 2.90. The maximum Gasteiger partial charge on any atom is 0.0424 e. The molecule has 0 spiro atoms. The summed E-state index contributed by atoms with van der Waals surface area (Å²) in [6, 6.07) is 15.2. The Bertz CT molecular complexity index is 620. The molecule has 0 saturated carbocycles. The van der Waals surface area contributed by atoms with E-state index in [1.165, 1.54) is 28.1 Å². The molecule has 0 bridgehead atoms. The molecule has 0 atom stereocenters. The Labute approximate surface area is 127 Å². The van der Waals surface area contributed by atoms with Gasteiger partial charge in [-0.15, -0.1) is 0 Å². The normalized spacial score (nSPS) is 13.1. The number of nitrogens with one attached hydrogen (secondary N) is 2. The van der Waals surface area contributed by atoms with Crippen LogP contribution in [-0.2, 0) is 19.5 Å². The summed E-state index contributed by atoms with van der Waals surface area (Å²) in [7, 11) is 4.19. The van der Waals surface area contributed by atoms with E-state index in [4.69, 9.17) is 0 Å². The molecule has 0 aliphatic carbocycles. The number of hydrogen-bond acceptors (Lipinski definition) is 3. The summed E-state index contributed by atoms with van der Waals surface area (Å²) >= 11 is 0. The highest BCUT2D eigenvalue weighted by molar-refractivity contribution is 5.62. The van der Waals surface area contributed by atoms with Gasteiger partial charge in [-0.2, -0.15) is 0 Å². The molecular weight excluding hydrogens is 258 g/mol. The fourth-order valence-electron chi connectivity index (χ4n) is 2.90. The third-order valence-electron chi connectivity index (χ3n) is 3.84. The molecular formula is C18H23N3. The lowest BCUT2D eigenvalue weighted by Crippen LogP contribution is -2.11. The second-order valence-electron chi connectivity index (χ2n) is 5.92. The topological polar surface area (TPSA) is 27.3 Å². The lowest BCUT2D eigenvalue weighted by atomic mass is 10.1. The molecule has 2 aromatic rings. The van der Waals surface area contributed by atoms with Crippen molar-refractivity contribution >= 4 is 11.4 Å². The zero-order valence-corrected chi connectivity index (χ0v) is 12.8. The minimum Gasteiger partial charge on any atom is -0.384 e. The molecule has 0 amide bonds. The first-order valence-corrected chi connectivity index (χ1v) is 7.54. The molecule has 1 heterocycles. The second kappa shape index (κ2) is 6.19. The van der Waals surface area contributed by atoms with Gasteiger partial charge in [-0.3, -0.25) is 0 Å². The Hall–Kier alpha value is -2.00. The van der Waals surface area contributed by atoms with Crippen LogP contribution < -0.4 is 10.6 Å². The smallest absolute Gasteiger partial charge is 0.0424 e. The van der Waals surface area contributed by atoms with Crippen LogP contribution in [-0.4, -0.2) is 25.5 Å². The number of anilines is 2. The minimum absolute atomic E-state index is 0.863. The van der Waals surface area contributed by atoms with E-state index in [1.807, 2.05) is 0 Å². The summed E-state index contributed by atoms with van der Waals surface area (Å²) in [6.07, 6.45) is 1.14. The summed E-state index contributed by atoms with van der Waals surface area (Å²) in [6.45, 7) is 2.89. The standard InChI is InChI=1S/C18H23N3/c1-21(2)13-14-5-3-8-17(11-14)20-12-16-7-4-6-15-9-10-19-18(15)16/h3-8,11,19-20H,9-10,12-13H2,1-2H3. The zero-order chi connectivity index (χ0) is 14.7. The summed E-state index contributed by atoms with van der Waals surface area (Å²) in [4.78, 5) is 2.19. The summed E-state index contributed by atoms with van der Waals surface area (Å²) < 4.78 is 0. The van der Waals surface area contributed by atoms with E-state index in [0.29, 0.717) is 0 Å². The monoisotopic (exact) mass is 281 g/mol. The molecule has 0 fully saturated rings. The zero-order valence-electron chi connectivity index (χ0n) is 12.8. The summed E-state index contributed by atoms with van der Waals surface area (Å²) in [5, 5.41) is 7.04. The van der Waals surface area contributed by atoms with Gasteiger partial charge in [0.1, 0.15) is 0 Å². The van der Waals surface area contributed by atoms with Gasteiger partial charge in [-0.25, -0.2) is 0 Å². The van der Waals surface area contributed by atoms with E-state index in [-0.39, 0.29) is 0 Å². The van der Waals surface area contributed by atoms with E-state index < -0.39 is 0 Å². The van der Waals surface area contributed by atoms with Crippen LogP contribution in [0.2, 0.25) is 0 Å². The van der Waals surface area contributed by atoms with E-state index >= 15 is 0 Å². The molecule has 21 heavy (non-hydrogen) atoms. The van der Waals surface area contributed by atoms with Crippen molar-refractivity contribution in [1.29, 1.82) is 0 Å². The van der Waals surface area contributed by atoms with Crippen molar-refractivity contribution in [3.63, 3.8) is 0 Å². The molecule has 0 unspecified atom stereocenters. The predicted molar refractivity (Wildman–Crippen MR) is 89.8 cm³/mol. The molecule has 3 nitrogen and oxygen atoms in total. The molecule has 110 valence electrons. The largest absolute Gasteiger partial charge is 0.384 e. The first-order chi connectivity index (χ1) is 10.2. The quantitative estimate of drug-likeness (QED) is 0.880. The highest BCUT2D eigenvalue weighted by Crippen LogP contribution is 2.27. The van der Waals surface area contributed by atoms with Gasteiger partial charge in [0, 0.05) is 31.0 Å². The van der Waals surface area contributed by atoms with Crippen LogP contribution in [0.5, 0.6) is 0 Å². The van der Waals surface area contributed by atoms with Crippen LogP contribution in [0.25, 0.3) is 0 Å². The van der Waals surface area contributed by atoms with Gasteiger partial charge >= 0.3 is 0 Å². The molecule has 1 aliphatic heterocycles. The molecule has 2 N–H and O–H groups in total. The average molecular weight is 281 g/mol. The van der Waals surface area contributed by atoms with Crippen molar-refractivity contribution < 1.29 is 0 Å². The van der Waals surface area contributed by atoms with E-state index in [9.17, 15) is 0 Å². The van der Waals surface area contributed by atoms with Gasteiger partial charge in [0.15, 0.2) is 0 Å². The van der Waals surface area contributed by atoms with E-state index in [0.717, 1.165) is 26.1 Å². The van der Waals surface area contributed by atoms with E-state index in [1.54, 1.807) is 0 Å². The minimum atomic E-state index is 0.863. The third-order valence-corrected chi connectivity index (χ3v) is 3.84. The van der Waals surface area contributed by atoms with Crippen molar-refractivity contribution in [1.82, 2.24) is 4.90 Å². The van der Waals surface area contributed by atoms with Crippen LogP contribution in [0.3, 0.4) is 0 Å². The Morgan fingerprint density at radius 1 is 1.14 bits per heavy atom. The highest BCUT2D eigenvalue weighted by atomic mass is 15.0. The molecule has 0 saturated heterocycles. The van der Waals surface area contributed by atoms with Crippen LogP contribution in [0, 0.1) is 0 Å². The molecule has 0 aromatic heterocycles. The Morgan fingerprint density at radius 2 is 2.00 bits per heavy atom. The van der Waals surface area contributed by atoms with Crippen molar-refractivity contribution in [3.8, 4) is 0 Å². The lowest BCUT2D eigenvalue weighted by molar-refractivity contribution is 0.402. The number of hydrogen-bond donors (Lipinski definition) is 2. The van der Waals surface area contributed by atoms with Gasteiger partial charge in [0.2, 0.25) is 0 Å². The Kier molecular flexibility index (Phi) is 4.11. The molecule has 1 aliphatic rings. The molecule has 3 rings (SSSR count). The molecule has 3 heteroatoms. The van der Waals surface area contributed by atoms with Gasteiger partial charge < -0.3 is 15.5 Å². The van der Waals surface area contributed by atoms with Crippen LogP contribution in [0.15, 0.2) is 42.5 Å². The first-order valence-electron chi connectivity index (χ1n) is 7.54. The second-order valence-corrected chi connectivity index (χ2v) is 5.92. The van der Waals surface area contributed by atoms with Crippen molar-refractivity contribution in [3.05, 3.63) is 59.2 Å². The lowest BCUT2D eigenvalue weighted by Gasteiger charge is -2.13. The maximum atomic E-state index is 3.55. The van der Waals surface area contributed by atoms with Gasteiger partial charge in [0.25, 0.3) is 0 Å². The first kappa shape index (κ1) is 14.0. The number of rotatable bonds is 5. The maximum absolute atomic E-state index is 3.55. The SMILES string of the molecule is CN(C)Cc1cccc(NCc2cccc3c2NCC3)c1. The third kappa shape index (κ3) is 3.37. The Balaban J connectivity index is 1.69. The number of fused-ring (bicyclic) bond motifs is 1. The highest BCUT2D eigenvalue weighted by Gasteiger charge is 2.13. The predicted octanol–water partition coefficient (Wildman–Crippen LogP) is 3.33. The average Bonchev–Trinajstić information content (AvgIpc) is 2.93. The summed E-state index contributed by atoms with van der Waals surface area (Å²) in [5.41, 5.74) is 6.64. The van der Waals surface area contributed by atoms with Gasteiger partial charge in [-0.05, 0) is 49.3 Å². The van der Waals surface area contributed by atoms with Crippen LogP contribution >= 0.6 is 0 Å². The van der Waals surface area contributed by atoms with Crippen molar-refractivity contribution in [2.75, 3.05) is 31.3 Å². The number of benzene rings is 2. The Morgan fingerprint density at radius 3 is 2.86 bits per heavy atom. The fraction of sp³-hybridized carbons (Fsp3) is 0.333. The number of para-hydroxylation sites is 1. The molecule has 0 radical (unpaired) electrons. The van der Waals surface area contributed by atoms with Crippen molar-refractivity contribution in [2.45, 2.75) is 19.5 Å². The van der Waals surface area contributed by atoms with Crippen molar-refractivity contribution in [2.24, 2.45) is 0 Å². The van der Waals surface area contributed by atoms with Crippen LogP contribution in [0.4, 0.5) is 11.4 Å². The van der Waals surface area contributed by atoms with Crippen LogP contribution in [0.1, 0.15) is 16.7 Å². The van der Waals surface area contributed by atoms with E-state index in [2.05, 4.69) is 72.1 Å². The number of nitrogens with zero attached hydrogens (tertiary/aromatic N) is 1. The van der Waals surface area contributed by atoms with Gasteiger partial charge in [-0.1, -0.05) is 30.3 Å². The van der Waals surface area contributed by atoms with Gasteiger partial charge in [0.05, 0.1) is 0 Å². The molecule has 2 aromatic carbocycles. The summed E-state index contributed by atoms with van der Waals surface area (Å²) in [5.74, 6) is 0.